The fourth-order valence-corrected chi connectivity index (χ4v) is 2.78. The summed E-state index contributed by atoms with van der Waals surface area (Å²) in [6.07, 6.45) is 1.81. The Bertz CT molecular complexity index is 455. The number of aromatic nitrogens is 1. The molecule has 0 aliphatic heterocycles. The quantitative estimate of drug-likeness (QED) is 0.443. The SMILES string of the molecule is NNc1ncc(CSc2ccc(O)cc2)s1. The molecule has 6 heteroatoms. The highest BCUT2D eigenvalue weighted by Gasteiger charge is 2.01. The van der Waals surface area contributed by atoms with Crippen LogP contribution in [-0.4, -0.2) is 10.1 Å². The van der Waals surface area contributed by atoms with E-state index in [0.29, 0.717) is 0 Å². The fourth-order valence-electron chi connectivity index (χ4n) is 1.14. The zero-order valence-electron chi connectivity index (χ0n) is 8.38. The van der Waals surface area contributed by atoms with Crippen LogP contribution in [0.5, 0.6) is 5.75 Å². The topological polar surface area (TPSA) is 71.2 Å². The van der Waals surface area contributed by atoms with E-state index in [9.17, 15) is 0 Å². The van der Waals surface area contributed by atoms with Gasteiger partial charge in [-0.3, -0.25) is 5.43 Å². The Hall–Kier alpha value is -1.24. The van der Waals surface area contributed by atoms with E-state index in [0.717, 1.165) is 20.7 Å². The lowest BCUT2D eigenvalue weighted by Crippen LogP contribution is -2.05. The molecule has 0 bridgehead atoms. The molecule has 0 unspecified atom stereocenters. The molecule has 0 aliphatic carbocycles. The molecule has 16 heavy (non-hydrogen) atoms. The van der Waals surface area contributed by atoms with Crippen LogP contribution in [0, 0.1) is 0 Å². The number of anilines is 1. The first-order valence-electron chi connectivity index (χ1n) is 4.61. The maximum Gasteiger partial charge on any atom is 0.197 e. The number of nitrogen functional groups attached to an aromatic ring is 1. The van der Waals surface area contributed by atoms with E-state index < -0.39 is 0 Å². The summed E-state index contributed by atoms with van der Waals surface area (Å²) in [6.45, 7) is 0. The standard InChI is InChI=1S/C10H11N3OS2/c11-13-10-12-5-9(16-10)6-15-8-3-1-7(14)2-4-8/h1-5,14H,6,11H2,(H,12,13). The number of thioether (sulfide) groups is 1. The van der Waals surface area contributed by atoms with Gasteiger partial charge in [-0.05, 0) is 24.3 Å². The van der Waals surface area contributed by atoms with E-state index in [1.807, 2.05) is 18.3 Å². The Balaban J connectivity index is 1.94. The lowest BCUT2D eigenvalue weighted by atomic mass is 10.3. The molecule has 0 fully saturated rings. The van der Waals surface area contributed by atoms with Gasteiger partial charge in [-0.25, -0.2) is 10.8 Å². The first-order chi connectivity index (χ1) is 7.78. The van der Waals surface area contributed by atoms with Crippen LogP contribution in [0.25, 0.3) is 0 Å². The van der Waals surface area contributed by atoms with E-state index >= 15 is 0 Å². The number of aromatic hydroxyl groups is 1. The number of hydrazine groups is 1. The minimum absolute atomic E-state index is 0.289. The first-order valence-corrected chi connectivity index (χ1v) is 6.41. The van der Waals surface area contributed by atoms with Crippen LogP contribution in [0.3, 0.4) is 0 Å². The second-order valence-electron chi connectivity index (χ2n) is 3.06. The van der Waals surface area contributed by atoms with E-state index in [4.69, 9.17) is 10.9 Å². The van der Waals surface area contributed by atoms with Gasteiger partial charge < -0.3 is 5.11 Å². The van der Waals surface area contributed by atoms with Crippen molar-refractivity contribution >= 4 is 28.2 Å². The van der Waals surface area contributed by atoms with Crippen molar-refractivity contribution in [3.63, 3.8) is 0 Å². The minimum Gasteiger partial charge on any atom is -0.508 e. The summed E-state index contributed by atoms with van der Waals surface area (Å²) in [5.41, 5.74) is 2.52. The third kappa shape index (κ3) is 2.88. The van der Waals surface area contributed by atoms with Crippen LogP contribution in [-0.2, 0) is 5.75 Å². The number of hydrogen-bond acceptors (Lipinski definition) is 6. The van der Waals surface area contributed by atoms with Gasteiger partial charge in [0.1, 0.15) is 5.75 Å². The molecule has 1 aromatic carbocycles. The molecule has 0 atom stereocenters. The number of rotatable bonds is 4. The zero-order chi connectivity index (χ0) is 11.4. The van der Waals surface area contributed by atoms with Crippen molar-refractivity contribution in [1.82, 2.24) is 4.98 Å². The van der Waals surface area contributed by atoms with E-state index in [1.165, 1.54) is 11.3 Å². The van der Waals surface area contributed by atoms with E-state index in [2.05, 4.69) is 10.4 Å². The van der Waals surface area contributed by atoms with Gasteiger partial charge in [-0.1, -0.05) is 0 Å². The minimum atomic E-state index is 0.289. The maximum absolute atomic E-state index is 9.14. The van der Waals surface area contributed by atoms with Crippen LogP contribution in [0.1, 0.15) is 4.88 Å². The zero-order valence-corrected chi connectivity index (χ0v) is 10.0. The molecule has 4 N–H and O–H groups in total. The number of phenolic OH excluding ortho intramolecular Hbond substituents is 1. The predicted octanol–water partition coefficient (Wildman–Crippen LogP) is 2.43. The number of thiazole rings is 1. The average Bonchev–Trinajstić information content (AvgIpc) is 2.76. The fraction of sp³-hybridized carbons (Fsp3) is 0.100. The summed E-state index contributed by atoms with van der Waals surface area (Å²) < 4.78 is 0. The van der Waals surface area contributed by atoms with Crippen molar-refractivity contribution in [1.29, 1.82) is 0 Å². The lowest BCUT2D eigenvalue weighted by Gasteiger charge is -1.99. The summed E-state index contributed by atoms with van der Waals surface area (Å²) in [5.74, 6) is 6.39. The number of benzene rings is 1. The van der Waals surface area contributed by atoms with Gasteiger partial charge in [0.25, 0.3) is 0 Å². The Morgan fingerprint density at radius 1 is 1.38 bits per heavy atom. The highest BCUT2D eigenvalue weighted by Crippen LogP contribution is 2.27. The van der Waals surface area contributed by atoms with Crippen molar-refractivity contribution in [2.45, 2.75) is 10.6 Å². The van der Waals surface area contributed by atoms with Crippen molar-refractivity contribution in [2.24, 2.45) is 5.84 Å². The number of nitrogens with two attached hydrogens (primary N) is 1. The van der Waals surface area contributed by atoms with Gasteiger partial charge >= 0.3 is 0 Å². The predicted molar refractivity (Wildman–Crippen MR) is 67.6 cm³/mol. The molecule has 1 heterocycles. The molecular weight excluding hydrogens is 242 g/mol. The largest absolute Gasteiger partial charge is 0.508 e. The average molecular weight is 253 g/mol. The monoisotopic (exact) mass is 253 g/mol. The van der Waals surface area contributed by atoms with Gasteiger partial charge in [0.15, 0.2) is 5.13 Å². The Morgan fingerprint density at radius 2 is 2.12 bits per heavy atom. The van der Waals surface area contributed by atoms with Crippen LogP contribution >= 0.6 is 23.1 Å². The van der Waals surface area contributed by atoms with Gasteiger partial charge in [0, 0.05) is 21.7 Å². The smallest absolute Gasteiger partial charge is 0.197 e. The molecule has 0 radical (unpaired) electrons. The Kier molecular flexibility index (Phi) is 3.66. The molecule has 4 nitrogen and oxygen atoms in total. The molecule has 0 spiro atoms. The molecule has 0 amide bonds. The summed E-state index contributed by atoms with van der Waals surface area (Å²) in [7, 11) is 0. The third-order valence-corrected chi connectivity index (χ3v) is 4.07. The van der Waals surface area contributed by atoms with Crippen LogP contribution in [0.4, 0.5) is 5.13 Å². The highest BCUT2D eigenvalue weighted by molar-refractivity contribution is 7.98. The van der Waals surface area contributed by atoms with E-state index in [1.54, 1.807) is 23.9 Å². The lowest BCUT2D eigenvalue weighted by molar-refractivity contribution is 0.475. The maximum atomic E-state index is 9.14. The van der Waals surface area contributed by atoms with Gasteiger partial charge in [-0.2, -0.15) is 0 Å². The number of nitrogens with one attached hydrogen (secondary N) is 1. The van der Waals surface area contributed by atoms with Crippen LogP contribution in [0.15, 0.2) is 35.4 Å². The molecule has 2 rings (SSSR count). The molecule has 2 aromatic rings. The van der Waals surface area contributed by atoms with Crippen molar-refractivity contribution in [3.8, 4) is 5.75 Å². The summed E-state index contributed by atoms with van der Waals surface area (Å²) >= 11 is 3.23. The normalized spacial score (nSPS) is 10.3. The number of nitrogens with zero attached hydrogens (tertiary/aromatic N) is 1. The van der Waals surface area contributed by atoms with Crippen LogP contribution in [0.2, 0.25) is 0 Å². The Morgan fingerprint density at radius 3 is 2.75 bits per heavy atom. The molecule has 0 saturated carbocycles. The molecular formula is C10H11N3OS2. The molecule has 0 saturated heterocycles. The Labute approximate surface area is 101 Å². The molecule has 84 valence electrons. The first kappa shape index (κ1) is 11.3. The number of phenols is 1. The third-order valence-electron chi connectivity index (χ3n) is 1.89. The second kappa shape index (κ2) is 5.20. The van der Waals surface area contributed by atoms with Crippen LogP contribution < -0.4 is 11.3 Å². The van der Waals surface area contributed by atoms with Gasteiger partial charge in [0.2, 0.25) is 0 Å². The molecule has 0 aliphatic rings. The summed E-state index contributed by atoms with van der Waals surface area (Å²) in [5, 5.41) is 9.86. The summed E-state index contributed by atoms with van der Waals surface area (Å²) in [6, 6.07) is 7.15. The molecule has 1 aromatic heterocycles. The van der Waals surface area contributed by atoms with Crippen molar-refractivity contribution in [2.75, 3.05) is 5.43 Å². The van der Waals surface area contributed by atoms with Crippen molar-refractivity contribution < 1.29 is 5.11 Å². The summed E-state index contributed by atoms with van der Waals surface area (Å²) in [4.78, 5) is 6.37. The van der Waals surface area contributed by atoms with E-state index in [-0.39, 0.29) is 5.75 Å². The van der Waals surface area contributed by atoms with Crippen molar-refractivity contribution in [3.05, 3.63) is 35.3 Å². The van der Waals surface area contributed by atoms with Gasteiger partial charge in [-0.15, -0.1) is 23.1 Å². The number of hydrogen-bond donors (Lipinski definition) is 3. The highest BCUT2D eigenvalue weighted by atomic mass is 32.2. The second-order valence-corrected chi connectivity index (χ2v) is 5.22. The van der Waals surface area contributed by atoms with Gasteiger partial charge in [0.05, 0.1) is 0 Å².